The molecule has 0 spiro atoms. The normalized spacial score (nSPS) is 13.0. The van der Waals surface area contributed by atoms with E-state index >= 15 is 0 Å². The Balaban J connectivity index is 1.76. The van der Waals surface area contributed by atoms with E-state index in [2.05, 4.69) is 4.98 Å². The van der Waals surface area contributed by atoms with E-state index in [1.807, 2.05) is 6.92 Å². The Morgan fingerprint density at radius 1 is 0.967 bits per heavy atom. The Kier molecular flexibility index (Phi) is 4.87. The van der Waals surface area contributed by atoms with Crippen LogP contribution in [0.3, 0.4) is 0 Å². The highest BCUT2D eigenvalue weighted by atomic mass is 35.5. The maximum atomic E-state index is 12.8. The molecule has 30 heavy (non-hydrogen) atoms. The van der Waals surface area contributed by atoms with Crippen molar-refractivity contribution >= 4 is 29.3 Å². The van der Waals surface area contributed by atoms with E-state index < -0.39 is 5.91 Å². The summed E-state index contributed by atoms with van der Waals surface area (Å²) in [6, 6.07) is 13.8. The molecule has 3 amide bonds. The quantitative estimate of drug-likeness (QED) is 0.648. The fraction of sp³-hybridized carbons (Fsp3) is 0.130. The van der Waals surface area contributed by atoms with Crippen LogP contribution in [-0.4, -0.2) is 27.6 Å². The summed E-state index contributed by atoms with van der Waals surface area (Å²) >= 11 is 5.98. The second-order valence-electron chi connectivity index (χ2n) is 7.24. The maximum Gasteiger partial charge on any atom is 0.261 e. The number of primary amides is 1. The standard InChI is InChI=1S/C23H18ClN3O3/c1-12-3-8-17-19(9-12)23(30)27(22(17)29)11-16-10-18(14-4-6-15(24)7-5-14)20(21(25)28)13(2)26-16/h3-10H,11H2,1-2H3,(H2,25,28). The van der Waals surface area contributed by atoms with Crippen LogP contribution in [0.25, 0.3) is 11.1 Å². The predicted molar refractivity (Wildman–Crippen MR) is 113 cm³/mol. The second kappa shape index (κ2) is 7.39. The summed E-state index contributed by atoms with van der Waals surface area (Å²) < 4.78 is 0. The first kappa shape index (κ1) is 19.8. The average molecular weight is 420 g/mol. The first-order valence-corrected chi connectivity index (χ1v) is 9.67. The molecule has 1 aromatic heterocycles. The molecule has 0 fully saturated rings. The van der Waals surface area contributed by atoms with Crippen LogP contribution in [0.1, 0.15) is 48.0 Å². The minimum Gasteiger partial charge on any atom is -0.366 e. The third-order valence-electron chi connectivity index (χ3n) is 5.10. The summed E-state index contributed by atoms with van der Waals surface area (Å²) in [5.74, 6) is -1.32. The zero-order valence-electron chi connectivity index (χ0n) is 16.4. The molecule has 2 aromatic carbocycles. The van der Waals surface area contributed by atoms with Crippen LogP contribution in [0.2, 0.25) is 5.02 Å². The Morgan fingerprint density at radius 2 is 1.63 bits per heavy atom. The van der Waals surface area contributed by atoms with Gasteiger partial charge in [-0.05, 0) is 55.3 Å². The van der Waals surface area contributed by atoms with Gasteiger partial charge in [0.1, 0.15) is 0 Å². The van der Waals surface area contributed by atoms with Gasteiger partial charge in [-0.2, -0.15) is 0 Å². The molecule has 6 nitrogen and oxygen atoms in total. The van der Waals surface area contributed by atoms with Crippen molar-refractivity contribution in [1.82, 2.24) is 9.88 Å². The topological polar surface area (TPSA) is 93.4 Å². The van der Waals surface area contributed by atoms with Crippen LogP contribution in [-0.2, 0) is 6.54 Å². The van der Waals surface area contributed by atoms with Crippen LogP contribution in [0.5, 0.6) is 0 Å². The summed E-state index contributed by atoms with van der Waals surface area (Å²) in [4.78, 5) is 43.2. The monoisotopic (exact) mass is 419 g/mol. The number of hydrogen-bond acceptors (Lipinski definition) is 4. The first-order chi connectivity index (χ1) is 14.3. The third kappa shape index (κ3) is 3.35. The SMILES string of the molecule is Cc1ccc2c(c1)C(=O)N(Cc1cc(-c3ccc(Cl)cc3)c(C(N)=O)c(C)n1)C2=O. The summed E-state index contributed by atoms with van der Waals surface area (Å²) in [7, 11) is 0. The van der Waals surface area contributed by atoms with Crippen molar-refractivity contribution in [3.63, 3.8) is 0 Å². The molecule has 0 saturated heterocycles. The third-order valence-corrected chi connectivity index (χ3v) is 5.35. The fourth-order valence-electron chi connectivity index (χ4n) is 3.70. The van der Waals surface area contributed by atoms with Crippen LogP contribution in [0.4, 0.5) is 0 Å². The largest absolute Gasteiger partial charge is 0.366 e. The Hall–Kier alpha value is -3.51. The Bertz CT molecular complexity index is 1220. The average Bonchev–Trinajstić information content (AvgIpc) is 2.92. The highest BCUT2D eigenvalue weighted by Gasteiger charge is 2.35. The predicted octanol–water partition coefficient (Wildman–Crippen LogP) is 3.91. The zero-order valence-corrected chi connectivity index (χ0v) is 17.2. The number of rotatable bonds is 4. The van der Waals surface area contributed by atoms with E-state index in [1.54, 1.807) is 55.5 Å². The molecular weight excluding hydrogens is 402 g/mol. The number of nitrogens with two attached hydrogens (primary N) is 1. The van der Waals surface area contributed by atoms with Gasteiger partial charge in [-0.25, -0.2) is 0 Å². The Labute approximate surface area is 178 Å². The van der Waals surface area contributed by atoms with E-state index in [1.165, 1.54) is 4.90 Å². The van der Waals surface area contributed by atoms with Crippen LogP contribution in [0, 0.1) is 13.8 Å². The van der Waals surface area contributed by atoms with Crippen molar-refractivity contribution in [3.05, 3.63) is 87.2 Å². The molecule has 2 N–H and O–H groups in total. The van der Waals surface area contributed by atoms with E-state index in [-0.39, 0.29) is 18.4 Å². The molecule has 1 aliphatic rings. The molecule has 0 aliphatic carbocycles. The smallest absolute Gasteiger partial charge is 0.261 e. The van der Waals surface area contributed by atoms with E-state index in [9.17, 15) is 14.4 Å². The summed E-state index contributed by atoms with van der Waals surface area (Å²) in [6.45, 7) is 3.53. The number of hydrogen-bond donors (Lipinski definition) is 1. The van der Waals surface area contributed by atoms with Crippen molar-refractivity contribution in [2.75, 3.05) is 0 Å². The van der Waals surface area contributed by atoms with Crippen molar-refractivity contribution in [3.8, 4) is 11.1 Å². The highest BCUT2D eigenvalue weighted by molar-refractivity contribution is 6.30. The molecule has 0 bridgehead atoms. The van der Waals surface area contributed by atoms with Crippen molar-refractivity contribution in [1.29, 1.82) is 0 Å². The molecule has 0 atom stereocenters. The van der Waals surface area contributed by atoms with Gasteiger partial charge in [0.2, 0.25) is 0 Å². The molecule has 3 aromatic rings. The lowest BCUT2D eigenvalue weighted by Crippen LogP contribution is -2.30. The van der Waals surface area contributed by atoms with Gasteiger partial charge in [0.15, 0.2) is 0 Å². The van der Waals surface area contributed by atoms with Crippen molar-refractivity contribution in [2.45, 2.75) is 20.4 Å². The number of fused-ring (bicyclic) bond motifs is 1. The minimum atomic E-state index is -0.604. The van der Waals surface area contributed by atoms with Gasteiger partial charge < -0.3 is 5.73 Å². The highest BCUT2D eigenvalue weighted by Crippen LogP contribution is 2.30. The molecule has 1 aliphatic heterocycles. The Morgan fingerprint density at radius 3 is 2.30 bits per heavy atom. The number of amides is 3. The number of aromatic nitrogens is 1. The van der Waals surface area contributed by atoms with E-state index in [0.29, 0.717) is 38.7 Å². The molecule has 0 unspecified atom stereocenters. The number of nitrogens with zero attached hydrogens (tertiary/aromatic N) is 2. The molecule has 7 heteroatoms. The lowest BCUT2D eigenvalue weighted by atomic mass is 9.97. The summed E-state index contributed by atoms with van der Waals surface area (Å²) in [6.07, 6.45) is 0. The van der Waals surface area contributed by atoms with Crippen LogP contribution in [0.15, 0.2) is 48.5 Å². The molecular formula is C23H18ClN3O3. The number of carbonyl (C=O) groups is 3. The summed E-state index contributed by atoms with van der Waals surface area (Å²) in [5, 5.41) is 0.562. The number of carbonyl (C=O) groups excluding carboxylic acids is 3. The fourth-order valence-corrected chi connectivity index (χ4v) is 3.82. The van der Waals surface area contributed by atoms with Gasteiger partial charge in [-0.15, -0.1) is 0 Å². The van der Waals surface area contributed by atoms with E-state index in [0.717, 1.165) is 11.1 Å². The van der Waals surface area contributed by atoms with Gasteiger partial charge in [-0.1, -0.05) is 35.4 Å². The maximum absolute atomic E-state index is 12.8. The molecule has 0 saturated carbocycles. The van der Waals surface area contributed by atoms with Gasteiger partial charge in [0.25, 0.3) is 17.7 Å². The molecule has 2 heterocycles. The van der Waals surface area contributed by atoms with Crippen LogP contribution < -0.4 is 5.73 Å². The number of aryl methyl sites for hydroxylation is 2. The number of halogens is 1. The molecule has 4 rings (SSSR count). The molecule has 0 radical (unpaired) electrons. The van der Waals surface area contributed by atoms with Gasteiger partial charge in [-0.3, -0.25) is 24.3 Å². The zero-order chi connectivity index (χ0) is 21.6. The van der Waals surface area contributed by atoms with Crippen molar-refractivity contribution < 1.29 is 14.4 Å². The lowest BCUT2D eigenvalue weighted by Gasteiger charge is -2.17. The van der Waals surface area contributed by atoms with Gasteiger partial charge in [0.05, 0.1) is 34.6 Å². The summed E-state index contributed by atoms with van der Waals surface area (Å²) in [5.41, 5.74) is 9.78. The number of benzene rings is 2. The number of imide groups is 1. The number of pyridine rings is 1. The second-order valence-corrected chi connectivity index (χ2v) is 7.67. The molecule has 150 valence electrons. The van der Waals surface area contributed by atoms with Crippen molar-refractivity contribution in [2.24, 2.45) is 5.73 Å². The van der Waals surface area contributed by atoms with Gasteiger partial charge >= 0.3 is 0 Å². The minimum absolute atomic E-state index is 0.00807. The van der Waals surface area contributed by atoms with Gasteiger partial charge in [0, 0.05) is 5.02 Å². The van der Waals surface area contributed by atoms with E-state index in [4.69, 9.17) is 17.3 Å². The first-order valence-electron chi connectivity index (χ1n) is 9.29. The van der Waals surface area contributed by atoms with Crippen LogP contribution >= 0.6 is 11.6 Å². The lowest BCUT2D eigenvalue weighted by molar-refractivity contribution is 0.0639.